The number of amides is 1. The molecule has 0 spiro atoms. The van der Waals surface area contributed by atoms with Gasteiger partial charge in [0.1, 0.15) is 16.8 Å². The van der Waals surface area contributed by atoms with Gasteiger partial charge in [-0.1, -0.05) is 122 Å². The van der Waals surface area contributed by atoms with Crippen molar-refractivity contribution in [2.45, 2.75) is 259 Å². The maximum atomic E-state index is 13.4. The lowest BCUT2D eigenvalue weighted by atomic mass is 9.83. The third-order valence-corrected chi connectivity index (χ3v) is 9.10. The van der Waals surface area contributed by atoms with E-state index in [2.05, 4.69) is 12.2 Å². The Morgan fingerprint density at radius 3 is 0.885 bits per heavy atom. The molecular weight excluding hydrogens is 654 g/mol. The van der Waals surface area contributed by atoms with Gasteiger partial charge in [-0.25, -0.2) is 0 Å². The highest BCUT2D eigenvalue weighted by Crippen LogP contribution is 2.29. The van der Waals surface area contributed by atoms with Gasteiger partial charge in [-0.3, -0.25) is 19.2 Å². The molecule has 0 saturated heterocycles. The number of rotatable bonds is 30. The Hall–Kier alpha value is -2.12. The van der Waals surface area contributed by atoms with Gasteiger partial charge < -0.3 is 19.5 Å². The number of carbonyl (C=O) groups excluding carboxylic acids is 4. The van der Waals surface area contributed by atoms with Crippen molar-refractivity contribution in [3.63, 3.8) is 0 Å². The molecule has 8 heteroatoms. The zero-order valence-electron chi connectivity index (χ0n) is 35.7. The van der Waals surface area contributed by atoms with Gasteiger partial charge in [-0.15, -0.1) is 0 Å². The van der Waals surface area contributed by atoms with Gasteiger partial charge in [0.05, 0.1) is 0 Å². The highest BCUT2D eigenvalue weighted by molar-refractivity contribution is 5.78. The molecule has 0 bridgehead atoms. The monoisotopic (exact) mass is 738 g/mol. The standard InChI is InChI=1S/C44H83NO7/c1-11-12-13-14-15-16-17-18-19-20-21-22-23-24-25-26-27-28-29-30-37(46)45-44(34-31-38(47)50-41(2,3)4,35-32-39(48)51-42(5,6)7)36-33-40(49)52-43(8,9)10/h11-36H2,1-10H3,(H,45,46). The summed E-state index contributed by atoms with van der Waals surface area (Å²) in [7, 11) is 0. The van der Waals surface area contributed by atoms with Crippen molar-refractivity contribution in [2.24, 2.45) is 0 Å². The molecule has 0 heterocycles. The molecule has 0 aliphatic rings. The number of hydrogen-bond donors (Lipinski definition) is 1. The van der Waals surface area contributed by atoms with Crippen molar-refractivity contribution in [3.05, 3.63) is 0 Å². The smallest absolute Gasteiger partial charge is 0.306 e. The second-order valence-corrected chi connectivity index (χ2v) is 18.2. The van der Waals surface area contributed by atoms with E-state index in [4.69, 9.17) is 14.2 Å². The summed E-state index contributed by atoms with van der Waals surface area (Å²) in [4.78, 5) is 51.8. The normalized spacial score (nSPS) is 12.4. The average Bonchev–Trinajstić information content (AvgIpc) is 3.00. The van der Waals surface area contributed by atoms with Crippen molar-refractivity contribution in [3.8, 4) is 0 Å². The van der Waals surface area contributed by atoms with Gasteiger partial charge >= 0.3 is 17.9 Å². The largest absolute Gasteiger partial charge is 0.460 e. The van der Waals surface area contributed by atoms with Crippen LogP contribution in [-0.2, 0) is 33.4 Å². The minimum atomic E-state index is -0.977. The van der Waals surface area contributed by atoms with Gasteiger partial charge in [0.25, 0.3) is 0 Å². The van der Waals surface area contributed by atoms with Crippen molar-refractivity contribution in [1.82, 2.24) is 5.32 Å². The van der Waals surface area contributed by atoms with E-state index in [1.807, 2.05) is 62.3 Å². The Bertz CT molecular complexity index is 892. The predicted octanol–water partition coefficient (Wildman–Crippen LogP) is 12.0. The minimum absolute atomic E-state index is 0.0411. The van der Waals surface area contributed by atoms with Gasteiger partial charge in [-0.2, -0.15) is 0 Å². The van der Waals surface area contributed by atoms with E-state index in [1.54, 1.807) is 0 Å². The molecule has 0 atom stereocenters. The van der Waals surface area contributed by atoms with Crippen LogP contribution in [-0.4, -0.2) is 46.2 Å². The van der Waals surface area contributed by atoms with E-state index >= 15 is 0 Å². The molecule has 0 radical (unpaired) electrons. The number of esters is 3. The molecule has 0 aliphatic carbocycles. The molecule has 1 N–H and O–H groups in total. The fourth-order valence-electron chi connectivity index (χ4n) is 6.49. The molecule has 8 nitrogen and oxygen atoms in total. The molecule has 52 heavy (non-hydrogen) atoms. The molecule has 0 aromatic heterocycles. The summed E-state index contributed by atoms with van der Waals surface area (Å²) >= 11 is 0. The summed E-state index contributed by atoms with van der Waals surface area (Å²) in [6.45, 7) is 18.6. The van der Waals surface area contributed by atoms with Gasteiger partial charge in [0.2, 0.25) is 5.91 Å². The van der Waals surface area contributed by atoms with Crippen LogP contribution >= 0.6 is 0 Å². The van der Waals surface area contributed by atoms with Crippen LogP contribution in [0.4, 0.5) is 0 Å². The van der Waals surface area contributed by atoms with Crippen molar-refractivity contribution < 1.29 is 33.4 Å². The second kappa shape index (κ2) is 27.5. The van der Waals surface area contributed by atoms with Crippen molar-refractivity contribution in [2.75, 3.05) is 0 Å². The quantitative estimate of drug-likeness (QED) is 0.0444. The highest BCUT2D eigenvalue weighted by Gasteiger charge is 2.35. The molecule has 0 unspecified atom stereocenters. The van der Waals surface area contributed by atoms with Crippen LogP contribution < -0.4 is 5.32 Å². The number of hydrogen-bond acceptors (Lipinski definition) is 7. The number of nitrogens with one attached hydrogen (secondary N) is 1. The van der Waals surface area contributed by atoms with Crippen LogP contribution in [0.15, 0.2) is 0 Å². The zero-order valence-corrected chi connectivity index (χ0v) is 35.7. The molecular formula is C44H83NO7. The van der Waals surface area contributed by atoms with Gasteiger partial charge in [0.15, 0.2) is 0 Å². The lowest BCUT2D eigenvalue weighted by molar-refractivity contribution is -0.155. The first-order valence-corrected chi connectivity index (χ1v) is 21.2. The molecule has 1 amide bonds. The number of ether oxygens (including phenoxy) is 3. The highest BCUT2D eigenvalue weighted by atomic mass is 16.6. The van der Waals surface area contributed by atoms with E-state index in [-0.39, 0.29) is 62.3 Å². The summed E-state index contributed by atoms with van der Waals surface area (Å²) in [6.07, 6.45) is 25.7. The number of unbranched alkanes of at least 4 members (excludes halogenated alkanes) is 18. The Morgan fingerprint density at radius 1 is 0.385 bits per heavy atom. The van der Waals surface area contributed by atoms with E-state index in [0.717, 1.165) is 19.3 Å². The van der Waals surface area contributed by atoms with Crippen molar-refractivity contribution >= 4 is 23.8 Å². The molecule has 0 aliphatic heterocycles. The maximum Gasteiger partial charge on any atom is 0.306 e. The third-order valence-electron chi connectivity index (χ3n) is 9.10. The first-order chi connectivity index (χ1) is 24.3. The van der Waals surface area contributed by atoms with Gasteiger partial charge in [-0.05, 0) is 88.0 Å². The summed E-state index contributed by atoms with van der Waals surface area (Å²) in [5, 5.41) is 3.18. The third kappa shape index (κ3) is 32.5. The van der Waals surface area contributed by atoms with Crippen LogP contribution in [0.3, 0.4) is 0 Å². The average molecular weight is 738 g/mol. The van der Waals surface area contributed by atoms with Crippen molar-refractivity contribution in [1.29, 1.82) is 0 Å². The predicted molar refractivity (Wildman–Crippen MR) is 214 cm³/mol. The summed E-state index contributed by atoms with van der Waals surface area (Å²) in [5.41, 5.74) is -2.93. The van der Waals surface area contributed by atoms with E-state index < -0.39 is 22.3 Å². The SMILES string of the molecule is CCCCCCCCCCCCCCCCCCCCCC(=O)NC(CCC(=O)OC(C)(C)C)(CCC(=O)OC(C)(C)C)CCC(=O)OC(C)(C)C. The summed E-state index contributed by atoms with van der Waals surface area (Å²) in [5.74, 6) is -1.30. The fraction of sp³-hybridized carbons (Fsp3) is 0.909. The Kier molecular flexibility index (Phi) is 26.3. The molecule has 306 valence electrons. The summed E-state index contributed by atoms with van der Waals surface area (Å²) in [6, 6.07) is 0. The lowest BCUT2D eigenvalue weighted by Gasteiger charge is -2.36. The number of carbonyl (C=O) groups is 4. The van der Waals surface area contributed by atoms with Gasteiger partial charge in [0, 0.05) is 31.2 Å². The second-order valence-electron chi connectivity index (χ2n) is 18.2. The van der Waals surface area contributed by atoms with Crippen LogP contribution in [0.1, 0.15) is 236 Å². The molecule has 0 saturated carbocycles. The molecule has 0 aromatic carbocycles. The van der Waals surface area contributed by atoms with Crippen LogP contribution in [0.5, 0.6) is 0 Å². The van der Waals surface area contributed by atoms with Crippen LogP contribution in [0.25, 0.3) is 0 Å². The van der Waals surface area contributed by atoms with Crippen LogP contribution in [0.2, 0.25) is 0 Å². The lowest BCUT2D eigenvalue weighted by Crippen LogP contribution is -2.50. The Labute approximate surface area is 320 Å². The van der Waals surface area contributed by atoms with E-state index in [1.165, 1.54) is 103 Å². The Morgan fingerprint density at radius 2 is 0.635 bits per heavy atom. The van der Waals surface area contributed by atoms with E-state index in [9.17, 15) is 19.2 Å². The molecule has 0 fully saturated rings. The first kappa shape index (κ1) is 49.9. The molecule has 0 aromatic rings. The topological polar surface area (TPSA) is 108 Å². The summed E-state index contributed by atoms with van der Waals surface area (Å²) < 4.78 is 16.7. The Balaban J connectivity index is 4.87. The minimum Gasteiger partial charge on any atom is -0.460 e. The zero-order chi connectivity index (χ0) is 39.5. The van der Waals surface area contributed by atoms with E-state index in [0.29, 0.717) is 6.42 Å². The first-order valence-electron chi connectivity index (χ1n) is 21.2. The maximum absolute atomic E-state index is 13.4. The fourth-order valence-corrected chi connectivity index (χ4v) is 6.49. The molecule has 0 rings (SSSR count). The van der Waals surface area contributed by atoms with Crippen LogP contribution in [0, 0.1) is 0 Å².